The molecule has 1 N–H and O–H groups in total. The largest absolute Gasteiger partial charge is 0.302 e. The average molecular weight is 430 g/mol. The van der Waals surface area contributed by atoms with Crippen molar-refractivity contribution in [2.75, 3.05) is 0 Å². The zero-order valence-electron chi connectivity index (χ0n) is 17.0. The third-order valence-corrected chi connectivity index (χ3v) is 5.90. The van der Waals surface area contributed by atoms with E-state index in [0.29, 0.717) is 27.9 Å². The molecule has 0 atom stereocenters. The number of aromatic amines is 1. The van der Waals surface area contributed by atoms with Crippen LogP contribution < -0.4 is 5.56 Å². The first-order chi connectivity index (χ1) is 15.2. The molecule has 31 heavy (non-hydrogen) atoms. The predicted molar refractivity (Wildman–Crippen MR) is 119 cm³/mol. The third-order valence-electron chi connectivity index (χ3n) is 5.02. The van der Waals surface area contributed by atoms with Crippen molar-refractivity contribution in [2.24, 2.45) is 0 Å². The minimum atomic E-state index is -0.239. The Balaban J connectivity index is 1.57. The molecular formula is C22H19N7OS. The smallest absolute Gasteiger partial charge is 0.262 e. The van der Waals surface area contributed by atoms with Crippen LogP contribution in [0.4, 0.5) is 0 Å². The highest BCUT2D eigenvalue weighted by Gasteiger charge is 2.18. The molecule has 8 nitrogen and oxygen atoms in total. The third kappa shape index (κ3) is 3.42. The predicted octanol–water partition coefficient (Wildman–Crippen LogP) is 3.85. The summed E-state index contributed by atoms with van der Waals surface area (Å²) in [7, 11) is 0. The lowest BCUT2D eigenvalue weighted by atomic mass is 10.1. The number of H-pyrrole nitrogens is 1. The highest BCUT2D eigenvalue weighted by atomic mass is 32.2. The lowest BCUT2D eigenvalue weighted by Gasteiger charge is -2.09. The van der Waals surface area contributed by atoms with E-state index in [4.69, 9.17) is 0 Å². The lowest BCUT2D eigenvalue weighted by Crippen LogP contribution is -2.10. The molecule has 0 bridgehead atoms. The van der Waals surface area contributed by atoms with Crippen molar-refractivity contribution in [2.45, 2.75) is 30.7 Å². The van der Waals surface area contributed by atoms with Crippen LogP contribution in [0.2, 0.25) is 0 Å². The maximum absolute atomic E-state index is 12.7. The Morgan fingerprint density at radius 3 is 2.58 bits per heavy atom. The zero-order valence-corrected chi connectivity index (χ0v) is 17.8. The number of nitrogens with zero attached hydrogens (tertiary/aromatic N) is 6. The van der Waals surface area contributed by atoms with Gasteiger partial charge in [-0.3, -0.25) is 4.79 Å². The second kappa shape index (κ2) is 7.84. The van der Waals surface area contributed by atoms with Crippen molar-refractivity contribution < 1.29 is 0 Å². The van der Waals surface area contributed by atoms with E-state index in [1.807, 2.05) is 60.0 Å². The van der Waals surface area contributed by atoms with Crippen LogP contribution in [0.25, 0.3) is 28.1 Å². The normalized spacial score (nSPS) is 11.3. The highest BCUT2D eigenvalue weighted by Crippen LogP contribution is 2.29. The first-order valence-electron chi connectivity index (χ1n) is 9.86. The maximum atomic E-state index is 12.7. The van der Waals surface area contributed by atoms with Crippen molar-refractivity contribution in [3.8, 4) is 17.1 Å². The van der Waals surface area contributed by atoms with E-state index in [0.717, 1.165) is 22.6 Å². The van der Waals surface area contributed by atoms with Crippen molar-refractivity contribution in [1.29, 1.82) is 0 Å². The van der Waals surface area contributed by atoms with Gasteiger partial charge in [-0.15, -0.1) is 10.2 Å². The summed E-state index contributed by atoms with van der Waals surface area (Å²) in [5.74, 6) is 0.792. The van der Waals surface area contributed by atoms with E-state index in [9.17, 15) is 4.79 Å². The van der Waals surface area contributed by atoms with Gasteiger partial charge in [0.1, 0.15) is 5.39 Å². The molecule has 154 valence electrons. The Morgan fingerprint density at radius 2 is 1.81 bits per heavy atom. The molecule has 0 aliphatic carbocycles. The van der Waals surface area contributed by atoms with Crippen LogP contribution in [-0.2, 0) is 6.54 Å². The topological polar surface area (TPSA) is 94.3 Å². The fraction of sp³-hybridized carbons (Fsp3) is 0.136. The molecular weight excluding hydrogens is 410 g/mol. The number of hydrogen-bond acceptors (Lipinski definition) is 6. The summed E-state index contributed by atoms with van der Waals surface area (Å²) in [6.07, 6.45) is 1.54. The van der Waals surface area contributed by atoms with Crippen LogP contribution in [0.5, 0.6) is 0 Å². The Morgan fingerprint density at radius 1 is 1.03 bits per heavy atom. The summed E-state index contributed by atoms with van der Waals surface area (Å²) < 4.78 is 3.68. The standard InChI is InChI=1S/C22H19N7OS/c1-3-28-19(16-12-8-7-9-14(16)2)26-27-22(28)31-21-24-18-17(20(30)25-21)13-23-29(18)15-10-5-4-6-11-15/h4-13H,3H2,1-2H3,(H,24,25,30). The molecule has 0 amide bonds. The number of nitrogens with one attached hydrogen (secondary N) is 1. The molecule has 0 aliphatic rings. The van der Waals surface area contributed by atoms with Gasteiger partial charge < -0.3 is 9.55 Å². The van der Waals surface area contributed by atoms with Crippen molar-refractivity contribution in [3.05, 3.63) is 76.7 Å². The van der Waals surface area contributed by atoms with Gasteiger partial charge in [0.2, 0.25) is 0 Å². The molecule has 0 aliphatic heterocycles. The van der Waals surface area contributed by atoms with E-state index >= 15 is 0 Å². The molecule has 3 aromatic heterocycles. The van der Waals surface area contributed by atoms with Crippen LogP contribution in [0.3, 0.4) is 0 Å². The number of fused-ring (bicyclic) bond motifs is 1. The molecule has 0 radical (unpaired) electrons. The second-order valence-corrected chi connectivity index (χ2v) is 7.92. The number of aromatic nitrogens is 7. The number of aryl methyl sites for hydroxylation is 1. The molecule has 0 spiro atoms. The van der Waals surface area contributed by atoms with Crippen LogP contribution in [0, 0.1) is 6.92 Å². The number of hydrogen-bond donors (Lipinski definition) is 1. The summed E-state index contributed by atoms with van der Waals surface area (Å²) >= 11 is 1.28. The van der Waals surface area contributed by atoms with E-state index in [-0.39, 0.29) is 5.56 Å². The molecule has 3 heterocycles. The van der Waals surface area contributed by atoms with Gasteiger partial charge in [-0.2, -0.15) is 5.10 Å². The quantitative estimate of drug-likeness (QED) is 0.427. The SMILES string of the molecule is CCn1c(Sc2nc3c(cnn3-c3ccccc3)c(=O)[nH]2)nnc1-c1ccccc1C. The van der Waals surface area contributed by atoms with Gasteiger partial charge in [0.15, 0.2) is 21.8 Å². The summed E-state index contributed by atoms with van der Waals surface area (Å²) in [6.45, 7) is 4.78. The minimum Gasteiger partial charge on any atom is -0.302 e. The summed E-state index contributed by atoms with van der Waals surface area (Å²) in [5, 5.41) is 14.7. The van der Waals surface area contributed by atoms with Crippen LogP contribution >= 0.6 is 11.8 Å². The minimum absolute atomic E-state index is 0.239. The summed E-state index contributed by atoms with van der Waals surface area (Å²) in [6, 6.07) is 17.7. The number of para-hydroxylation sites is 1. The van der Waals surface area contributed by atoms with Gasteiger partial charge in [0.25, 0.3) is 5.56 Å². The van der Waals surface area contributed by atoms with Crippen LogP contribution in [0.1, 0.15) is 12.5 Å². The second-order valence-electron chi connectivity index (χ2n) is 6.97. The monoisotopic (exact) mass is 429 g/mol. The molecule has 0 unspecified atom stereocenters. The fourth-order valence-electron chi connectivity index (χ4n) is 3.46. The first-order valence-corrected chi connectivity index (χ1v) is 10.7. The highest BCUT2D eigenvalue weighted by molar-refractivity contribution is 7.99. The molecule has 2 aromatic carbocycles. The zero-order chi connectivity index (χ0) is 21.4. The molecule has 5 rings (SSSR count). The summed E-state index contributed by atoms with van der Waals surface area (Å²) in [4.78, 5) is 20.2. The Hall–Kier alpha value is -3.72. The van der Waals surface area contributed by atoms with Crippen LogP contribution in [0.15, 0.2) is 75.9 Å². The van der Waals surface area contributed by atoms with Crippen LogP contribution in [-0.4, -0.2) is 34.5 Å². The van der Waals surface area contributed by atoms with Gasteiger partial charge in [-0.1, -0.05) is 42.5 Å². The Kier molecular flexibility index (Phi) is 4.87. The molecule has 0 saturated heterocycles. The van der Waals surface area contributed by atoms with E-state index in [2.05, 4.69) is 38.3 Å². The number of benzene rings is 2. The van der Waals surface area contributed by atoms with E-state index < -0.39 is 0 Å². The van der Waals surface area contributed by atoms with Gasteiger partial charge in [-0.25, -0.2) is 9.67 Å². The van der Waals surface area contributed by atoms with Gasteiger partial charge in [-0.05, 0) is 43.3 Å². The van der Waals surface area contributed by atoms with Gasteiger partial charge >= 0.3 is 0 Å². The fourth-order valence-corrected chi connectivity index (χ4v) is 4.32. The molecule has 9 heteroatoms. The van der Waals surface area contributed by atoms with Crippen molar-refractivity contribution >= 4 is 22.8 Å². The maximum Gasteiger partial charge on any atom is 0.262 e. The molecule has 0 saturated carbocycles. The van der Waals surface area contributed by atoms with Crippen molar-refractivity contribution in [3.63, 3.8) is 0 Å². The van der Waals surface area contributed by atoms with E-state index in [1.54, 1.807) is 4.68 Å². The van der Waals surface area contributed by atoms with Crippen molar-refractivity contribution in [1.82, 2.24) is 34.5 Å². The Bertz CT molecular complexity index is 1440. The summed E-state index contributed by atoms with van der Waals surface area (Å²) in [5.41, 5.74) is 3.25. The lowest BCUT2D eigenvalue weighted by molar-refractivity contribution is 0.685. The Labute approximate surface area is 182 Å². The molecule has 0 fully saturated rings. The average Bonchev–Trinajstić information content (AvgIpc) is 3.39. The van der Waals surface area contributed by atoms with Gasteiger partial charge in [0.05, 0.1) is 11.9 Å². The number of rotatable bonds is 5. The van der Waals surface area contributed by atoms with E-state index in [1.165, 1.54) is 18.0 Å². The first kappa shape index (κ1) is 19.3. The molecule has 5 aromatic rings. The van der Waals surface area contributed by atoms with Gasteiger partial charge in [0, 0.05) is 12.1 Å².